The summed E-state index contributed by atoms with van der Waals surface area (Å²) in [7, 11) is 0. The third-order valence-electron chi connectivity index (χ3n) is 14.5. The third kappa shape index (κ3) is 8.90. The number of benzene rings is 7. The fourth-order valence-electron chi connectivity index (χ4n) is 10.9. The van der Waals surface area contributed by atoms with Crippen LogP contribution in [0, 0.1) is 26.0 Å². The number of amidine groups is 1. The van der Waals surface area contributed by atoms with Gasteiger partial charge in [0.25, 0.3) is 0 Å². The summed E-state index contributed by atoms with van der Waals surface area (Å²) in [5.41, 5.74) is 7.52. The van der Waals surface area contributed by atoms with E-state index < -0.39 is 40.9 Å². The Morgan fingerprint density at radius 2 is 1.27 bits per heavy atom. The topological polar surface area (TPSA) is 36.7 Å². The predicted octanol–water partition coefficient (Wildman–Crippen LogP) is 16.3. The van der Waals surface area contributed by atoms with E-state index in [-0.39, 0.29) is 50.6 Å². The molecule has 9 aromatic rings. The van der Waals surface area contributed by atoms with Crippen molar-refractivity contribution in [1.82, 2.24) is 9.55 Å². The average molecular weight is 1180 g/mol. The average Bonchev–Trinajstić information content (AvgIpc) is 3.93. The van der Waals surface area contributed by atoms with Gasteiger partial charge in [-0.05, 0) is 93.5 Å². The van der Waals surface area contributed by atoms with Gasteiger partial charge in [-0.25, -0.2) is 4.98 Å². The number of hydrogen-bond acceptors (Lipinski definition) is 4. The van der Waals surface area contributed by atoms with Gasteiger partial charge < -0.3 is 19.4 Å². The van der Waals surface area contributed by atoms with Crippen molar-refractivity contribution in [2.75, 3.05) is 16.3 Å². The fourth-order valence-corrected chi connectivity index (χ4v) is 10.9. The third-order valence-corrected chi connectivity index (χ3v) is 14.5. The summed E-state index contributed by atoms with van der Waals surface area (Å²) in [6.45, 7) is 14.9. The molecule has 0 N–H and O–H groups in total. The summed E-state index contributed by atoms with van der Waals surface area (Å²) in [5, 5.41) is 2.07. The van der Waals surface area contributed by atoms with Gasteiger partial charge in [-0.3, -0.25) is 0 Å². The first-order valence-electron chi connectivity index (χ1n) is 24.3. The Bertz CT molecular complexity index is 3580. The van der Waals surface area contributed by atoms with Crippen LogP contribution < -0.4 is 9.80 Å². The molecule has 0 unspecified atom stereocenters. The van der Waals surface area contributed by atoms with E-state index in [1.165, 1.54) is 4.90 Å². The van der Waals surface area contributed by atoms with E-state index in [2.05, 4.69) is 106 Å². The molecule has 2 aliphatic rings. The van der Waals surface area contributed by atoms with Gasteiger partial charge in [-0.15, -0.1) is 46.3 Å². The van der Waals surface area contributed by atoms with E-state index >= 15 is 0 Å². The molecule has 1 atom stereocenters. The van der Waals surface area contributed by atoms with Crippen LogP contribution in [0.2, 0.25) is 0 Å². The summed E-state index contributed by atoms with van der Waals surface area (Å²) in [5.74, 6) is 0.541. The molecule has 0 saturated carbocycles. The molecule has 5 nitrogen and oxygen atoms in total. The van der Waals surface area contributed by atoms with Crippen LogP contribution in [0.1, 0.15) is 96.2 Å². The Balaban J connectivity index is 0.00000626. The molecular formula is C62H51F6N5Pt. The molecule has 0 amide bonds. The van der Waals surface area contributed by atoms with Gasteiger partial charge in [0.2, 0.25) is 0 Å². The molecule has 0 fully saturated rings. The van der Waals surface area contributed by atoms with Crippen molar-refractivity contribution in [3.63, 3.8) is 0 Å². The zero-order chi connectivity index (χ0) is 51.4. The summed E-state index contributed by atoms with van der Waals surface area (Å²) >= 11 is 0. The van der Waals surface area contributed by atoms with E-state index in [0.29, 0.717) is 11.3 Å². The molecule has 0 bridgehead atoms. The number of aryl methyl sites for hydroxylation is 2. The predicted molar refractivity (Wildman–Crippen MR) is 280 cm³/mol. The minimum absolute atomic E-state index is 0. The zero-order valence-electron chi connectivity index (χ0n) is 41.7. The van der Waals surface area contributed by atoms with Crippen LogP contribution in [0.4, 0.5) is 49.1 Å². The van der Waals surface area contributed by atoms with Crippen LogP contribution in [-0.2, 0) is 44.2 Å². The Hall–Kier alpha value is -6.97. The van der Waals surface area contributed by atoms with Crippen molar-refractivity contribution in [2.24, 2.45) is 4.99 Å². The Labute approximate surface area is 441 Å². The number of aliphatic imine (C=N–C) groups is 1. The van der Waals surface area contributed by atoms with E-state index in [1.54, 1.807) is 0 Å². The SMILES string of the molecule is Cc1cc(C2=N[C@H](C(c3ccccc3)c3ccccc3)CN2c2cc(C(F)(F)F)cc(C(F)(F)F)c2)[c-]c(N2c3[c-]c4c(cc3C(C)(C)c3ccccc32)c2cc(C)ccc2n4-c2cc(C(C)(C)C)ccn2)c1.[Pt+2]. The maximum atomic E-state index is 14.6. The van der Waals surface area contributed by atoms with Gasteiger partial charge in [0, 0.05) is 35.6 Å². The van der Waals surface area contributed by atoms with Crippen LogP contribution in [0.25, 0.3) is 27.6 Å². The Kier molecular flexibility index (Phi) is 12.6. The van der Waals surface area contributed by atoms with E-state index in [0.717, 1.165) is 90.1 Å². The zero-order valence-corrected chi connectivity index (χ0v) is 44.0. The molecule has 7 aromatic carbocycles. The van der Waals surface area contributed by atoms with Crippen LogP contribution in [0.15, 0.2) is 163 Å². The van der Waals surface area contributed by atoms with E-state index in [1.807, 2.05) is 104 Å². The molecular weight excluding hydrogens is 1120 g/mol. The van der Waals surface area contributed by atoms with Gasteiger partial charge in [0.15, 0.2) is 0 Å². The van der Waals surface area contributed by atoms with Crippen molar-refractivity contribution in [3.05, 3.63) is 226 Å². The number of anilines is 4. The van der Waals surface area contributed by atoms with Crippen molar-refractivity contribution in [2.45, 2.75) is 83.6 Å². The standard InChI is InChI=1S/C62H51F6N5.Pt/c1-37-22-23-52-47(28-37)48-34-50-55(35-54(48)73(52)56-33-42(24-25-69-56)59(3,4)5)72(53-21-15-14-20-49(53)60(50,6)7)46-27-38(2)26-41(29-46)58-70-51(57(39-16-10-8-11-17-39)40-18-12-9-13-19-40)36-71(58)45-31-43(61(63,64)65)30-44(32-45)62(66,67)68;/h8-28,30-34,51,57H,36H2,1-7H3;/q-2;+2/t51-;/m0./s1. The van der Waals surface area contributed by atoms with Crippen molar-refractivity contribution in [3.8, 4) is 5.82 Å². The summed E-state index contributed by atoms with van der Waals surface area (Å²) in [6.07, 6.45) is -8.28. The monoisotopic (exact) mass is 1170 g/mol. The normalized spacial score (nSPS) is 15.6. The van der Waals surface area contributed by atoms with Crippen LogP contribution >= 0.6 is 0 Å². The maximum absolute atomic E-state index is 14.6. The number of halogens is 6. The fraction of sp³-hybridized carbons (Fsp3) is 0.226. The molecule has 4 heterocycles. The molecule has 0 aliphatic carbocycles. The van der Waals surface area contributed by atoms with Gasteiger partial charge >= 0.3 is 33.4 Å². The van der Waals surface area contributed by atoms with Crippen LogP contribution in [-0.4, -0.2) is 28.0 Å². The summed E-state index contributed by atoms with van der Waals surface area (Å²) in [6, 6.07) is 52.9. The van der Waals surface area contributed by atoms with Gasteiger partial charge in [-0.2, -0.15) is 32.4 Å². The second-order valence-electron chi connectivity index (χ2n) is 20.9. The molecule has 12 heteroatoms. The number of aromatic nitrogens is 2. The molecule has 0 spiro atoms. The number of fused-ring (bicyclic) bond motifs is 5. The smallest absolute Gasteiger partial charge is 0.364 e. The second-order valence-corrected chi connectivity index (χ2v) is 20.9. The molecule has 74 heavy (non-hydrogen) atoms. The Morgan fingerprint density at radius 3 is 1.91 bits per heavy atom. The van der Waals surface area contributed by atoms with Crippen molar-refractivity contribution < 1.29 is 47.4 Å². The molecule has 0 radical (unpaired) electrons. The molecule has 0 saturated heterocycles. The van der Waals surface area contributed by atoms with Gasteiger partial charge in [0.05, 0.1) is 23.0 Å². The minimum Gasteiger partial charge on any atom is -0.364 e. The summed E-state index contributed by atoms with van der Waals surface area (Å²) < 4.78 is 89.9. The number of hydrogen-bond donors (Lipinski definition) is 0. The Morgan fingerprint density at radius 1 is 0.635 bits per heavy atom. The van der Waals surface area contributed by atoms with Gasteiger partial charge in [0.1, 0.15) is 5.82 Å². The van der Waals surface area contributed by atoms with Crippen LogP contribution in [0.5, 0.6) is 0 Å². The molecule has 2 aromatic heterocycles. The van der Waals surface area contributed by atoms with Crippen molar-refractivity contribution in [1.29, 1.82) is 0 Å². The maximum Gasteiger partial charge on any atom is 2.00 e. The van der Waals surface area contributed by atoms with Crippen LogP contribution in [0.3, 0.4) is 0 Å². The summed E-state index contributed by atoms with van der Waals surface area (Å²) in [4.78, 5) is 13.9. The van der Waals surface area contributed by atoms with E-state index in [4.69, 9.17) is 9.98 Å². The number of pyridine rings is 1. The minimum atomic E-state index is -5.06. The largest absolute Gasteiger partial charge is 2.00 e. The first-order valence-corrected chi connectivity index (χ1v) is 24.3. The second kappa shape index (κ2) is 18.4. The number of alkyl halides is 6. The molecule has 2 aliphatic heterocycles. The number of para-hydroxylation sites is 1. The van der Waals surface area contributed by atoms with E-state index in [9.17, 15) is 26.3 Å². The first-order chi connectivity index (χ1) is 34.6. The first kappa shape index (κ1) is 50.6. The quantitative estimate of drug-likeness (QED) is 0.118. The number of nitrogens with zero attached hydrogens (tertiary/aromatic N) is 5. The van der Waals surface area contributed by atoms with Gasteiger partial charge in [-0.1, -0.05) is 149 Å². The molecule has 376 valence electrons. The van der Waals surface area contributed by atoms with Crippen molar-refractivity contribution >= 4 is 50.4 Å². The number of rotatable bonds is 7. The molecule has 11 rings (SSSR count).